The second-order valence-corrected chi connectivity index (χ2v) is 4.18. The molecule has 0 saturated carbocycles. The summed E-state index contributed by atoms with van der Waals surface area (Å²) in [5, 5.41) is 14.5. The normalized spacial score (nSPS) is 10.3. The Hall–Kier alpha value is -2.97. The van der Waals surface area contributed by atoms with E-state index in [0.29, 0.717) is 5.82 Å². The van der Waals surface area contributed by atoms with Crippen LogP contribution in [0.4, 0.5) is 5.69 Å². The van der Waals surface area contributed by atoms with Crippen molar-refractivity contribution in [2.45, 2.75) is 20.5 Å². The summed E-state index contributed by atoms with van der Waals surface area (Å²) in [5.74, 6) is -0.0763. The summed E-state index contributed by atoms with van der Waals surface area (Å²) in [5.41, 5.74) is -0.267. The second kappa shape index (κ2) is 6.66. The summed E-state index contributed by atoms with van der Waals surface area (Å²) in [6.07, 6.45) is 0. The van der Waals surface area contributed by atoms with E-state index < -0.39 is 10.9 Å². The van der Waals surface area contributed by atoms with E-state index in [1.807, 2.05) is 0 Å². The molecular weight excluding hydrogens is 294 g/mol. The molecule has 1 aromatic carbocycles. The Morgan fingerprint density at radius 3 is 2.82 bits per heavy atom. The third-order valence-electron chi connectivity index (χ3n) is 2.59. The summed E-state index contributed by atoms with van der Waals surface area (Å²) in [7, 11) is 0. The number of hydrogen-bond acceptors (Lipinski definition) is 8. The topological polar surface area (TPSA) is 118 Å². The van der Waals surface area contributed by atoms with Gasteiger partial charge >= 0.3 is 11.7 Å². The molecule has 9 heteroatoms. The minimum Gasteiger partial charge on any atom is -0.487 e. The van der Waals surface area contributed by atoms with Gasteiger partial charge in [0.15, 0.2) is 18.2 Å². The molecular formula is C13H13N3O6. The first-order valence-electron chi connectivity index (χ1n) is 6.38. The number of carbonyl (C=O) groups excluding carboxylic acids is 1. The first kappa shape index (κ1) is 15.4. The highest BCUT2D eigenvalue weighted by Gasteiger charge is 2.19. The van der Waals surface area contributed by atoms with Crippen LogP contribution in [0.2, 0.25) is 0 Å². The van der Waals surface area contributed by atoms with Crippen molar-refractivity contribution in [1.29, 1.82) is 0 Å². The highest BCUT2D eigenvalue weighted by atomic mass is 16.6. The molecule has 0 radical (unpaired) electrons. The highest BCUT2D eigenvalue weighted by molar-refractivity contribution is 5.90. The predicted octanol–water partition coefficient (Wildman–Crippen LogP) is 2.04. The zero-order valence-corrected chi connectivity index (χ0v) is 11.9. The van der Waals surface area contributed by atoms with Crippen LogP contribution in [0.1, 0.15) is 29.0 Å². The molecule has 0 N–H and O–H groups in total. The first-order valence-corrected chi connectivity index (χ1v) is 6.38. The molecule has 2 aromatic rings. The van der Waals surface area contributed by atoms with Gasteiger partial charge in [-0.15, -0.1) is 0 Å². The number of hydrogen-bond donors (Lipinski definition) is 0. The van der Waals surface area contributed by atoms with Crippen molar-refractivity contribution < 1.29 is 23.7 Å². The smallest absolute Gasteiger partial charge is 0.338 e. The SMILES string of the molecule is CCOc1ccc(C(=O)OCc2nc(C)no2)cc1[N+](=O)[O-]. The highest BCUT2D eigenvalue weighted by Crippen LogP contribution is 2.28. The minimum atomic E-state index is -0.734. The molecule has 0 aliphatic carbocycles. The molecule has 0 unspecified atom stereocenters. The zero-order chi connectivity index (χ0) is 16.1. The maximum atomic E-state index is 11.9. The number of rotatable bonds is 6. The molecule has 0 amide bonds. The second-order valence-electron chi connectivity index (χ2n) is 4.18. The van der Waals surface area contributed by atoms with Crippen molar-refractivity contribution in [2.24, 2.45) is 0 Å². The number of esters is 1. The lowest BCUT2D eigenvalue weighted by atomic mass is 10.2. The molecule has 0 atom stereocenters. The number of aromatic nitrogens is 2. The third kappa shape index (κ3) is 3.57. The monoisotopic (exact) mass is 307 g/mol. The summed E-state index contributed by atoms with van der Waals surface area (Å²) < 4.78 is 14.9. The average molecular weight is 307 g/mol. The van der Waals surface area contributed by atoms with E-state index in [9.17, 15) is 14.9 Å². The van der Waals surface area contributed by atoms with Crippen molar-refractivity contribution in [3.63, 3.8) is 0 Å². The fourth-order valence-electron chi connectivity index (χ4n) is 1.67. The Kier molecular flexibility index (Phi) is 4.66. The molecule has 1 heterocycles. The first-order chi connectivity index (χ1) is 10.5. The Morgan fingerprint density at radius 1 is 1.45 bits per heavy atom. The number of carbonyl (C=O) groups is 1. The van der Waals surface area contributed by atoms with Gasteiger partial charge in [-0.2, -0.15) is 4.98 Å². The van der Waals surface area contributed by atoms with E-state index in [-0.39, 0.29) is 36.1 Å². The fraction of sp³-hybridized carbons (Fsp3) is 0.308. The summed E-state index contributed by atoms with van der Waals surface area (Å²) >= 11 is 0. The van der Waals surface area contributed by atoms with E-state index in [1.54, 1.807) is 13.8 Å². The maximum absolute atomic E-state index is 11.9. The van der Waals surface area contributed by atoms with Gasteiger partial charge in [0.25, 0.3) is 5.89 Å². The Balaban J connectivity index is 2.12. The molecule has 0 saturated heterocycles. The van der Waals surface area contributed by atoms with E-state index in [2.05, 4.69) is 10.1 Å². The molecule has 116 valence electrons. The van der Waals surface area contributed by atoms with Gasteiger partial charge in [-0.1, -0.05) is 5.16 Å². The number of ether oxygens (including phenoxy) is 2. The van der Waals surface area contributed by atoms with Gasteiger partial charge in [0.1, 0.15) is 0 Å². The minimum absolute atomic E-state index is 0.0337. The van der Waals surface area contributed by atoms with Crippen molar-refractivity contribution >= 4 is 11.7 Å². The molecule has 9 nitrogen and oxygen atoms in total. The maximum Gasteiger partial charge on any atom is 0.338 e. The molecule has 0 bridgehead atoms. The van der Waals surface area contributed by atoms with Crippen LogP contribution >= 0.6 is 0 Å². The van der Waals surface area contributed by atoms with Crippen molar-refractivity contribution in [3.8, 4) is 5.75 Å². The fourth-order valence-corrected chi connectivity index (χ4v) is 1.67. The molecule has 2 rings (SSSR count). The van der Waals surface area contributed by atoms with Gasteiger partial charge in [-0.05, 0) is 26.0 Å². The summed E-state index contributed by atoms with van der Waals surface area (Å²) in [6.45, 7) is 3.41. The number of nitro groups is 1. The standard InChI is InChI=1S/C13H13N3O6/c1-3-20-11-5-4-9(6-10(11)16(18)19)13(17)21-7-12-14-8(2)15-22-12/h4-6H,3,7H2,1-2H3. The molecule has 0 aliphatic heterocycles. The Morgan fingerprint density at radius 2 is 2.23 bits per heavy atom. The lowest BCUT2D eigenvalue weighted by Gasteiger charge is -2.06. The number of benzene rings is 1. The molecule has 0 fully saturated rings. The van der Waals surface area contributed by atoms with Gasteiger partial charge in [-0.3, -0.25) is 10.1 Å². The largest absolute Gasteiger partial charge is 0.487 e. The van der Waals surface area contributed by atoms with Crippen molar-refractivity contribution in [3.05, 3.63) is 45.6 Å². The molecule has 0 aliphatic rings. The van der Waals surface area contributed by atoms with E-state index in [4.69, 9.17) is 14.0 Å². The van der Waals surface area contributed by atoms with Crippen molar-refractivity contribution in [1.82, 2.24) is 10.1 Å². The van der Waals surface area contributed by atoms with Gasteiger partial charge in [0, 0.05) is 6.07 Å². The van der Waals surface area contributed by atoms with Crippen LogP contribution in [-0.2, 0) is 11.3 Å². The summed E-state index contributed by atoms with van der Waals surface area (Å²) in [4.78, 5) is 26.1. The van der Waals surface area contributed by atoms with Gasteiger partial charge in [-0.25, -0.2) is 4.79 Å². The van der Waals surface area contributed by atoms with Crippen LogP contribution in [-0.4, -0.2) is 27.6 Å². The number of nitro benzene ring substituents is 1. The van der Waals surface area contributed by atoms with E-state index in [0.717, 1.165) is 6.07 Å². The van der Waals surface area contributed by atoms with E-state index in [1.165, 1.54) is 12.1 Å². The molecule has 22 heavy (non-hydrogen) atoms. The van der Waals surface area contributed by atoms with Gasteiger partial charge < -0.3 is 14.0 Å². The zero-order valence-electron chi connectivity index (χ0n) is 11.9. The quantitative estimate of drug-likeness (QED) is 0.452. The number of aryl methyl sites for hydroxylation is 1. The van der Waals surface area contributed by atoms with Crippen LogP contribution in [0.3, 0.4) is 0 Å². The van der Waals surface area contributed by atoms with Gasteiger partial charge in [0.05, 0.1) is 17.1 Å². The van der Waals surface area contributed by atoms with Crippen LogP contribution in [0.5, 0.6) is 5.75 Å². The summed E-state index contributed by atoms with van der Waals surface area (Å²) in [6, 6.07) is 3.85. The Labute approximate surface area is 125 Å². The van der Waals surface area contributed by atoms with Crippen molar-refractivity contribution in [2.75, 3.05) is 6.61 Å². The van der Waals surface area contributed by atoms with Crippen LogP contribution in [0.15, 0.2) is 22.7 Å². The van der Waals surface area contributed by atoms with Crippen LogP contribution in [0, 0.1) is 17.0 Å². The average Bonchev–Trinajstić information content (AvgIpc) is 2.91. The van der Waals surface area contributed by atoms with Gasteiger partial charge in [0.2, 0.25) is 0 Å². The Bertz CT molecular complexity index is 697. The van der Waals surface area contributed by atoms with Crippen LogP contribution in [0.25, 0.3) is 0 Å². The van der Waals surface area contributed by atoms with E-state index >= 15 is 0 Å². The lowest BCUT2D eigenvalue weighted by Crippen LogP contribution is -2.07. The lowest BCUT2D eigenvalue weighted by molar-refractivity contribution is -0.385. The third-order valence-corrected chi connectivity index (χ3v) is 2.59. The molecule has 0 spiro atoms. The molecule has 1 aromatic heterocycles. The number of nitrogens with zero attached hydrogens (tertiary/aromatic N) is 3. The predicted molar refractivity (Wildman–Crippen MR) is 72.4 cm³/mol. The van der Waals surface area contributed by atoms with Crippen LogP contribution < -0.4 is 4.74 Å².